The summed E-state index contributed by atoms with van der Waals surface area (Å²) in [5, 5.41) is 0. The standard InChI is InChI=1S/C3H10N2S/c1-3-6-5-4-2/h4-5H,3H2,1-2H3. The largest absolute Gasteiger partial charge is 0.251 e. The summed E-state index contributed by atoms with van der Waals surface area (Å²) in [4.78, 5) is 2.86. The van der Waals surface area contributed by atoms with Crippen molar-refractivity contribution in [2.24, 2.45) is 0 Å². The second kappa shape index (κ2) is 5.27. The molecule has 0 aromatic rings. The van der Waals surface area contributed by atoms with Crippen molar-refractivity contribution in [3.63, 3.8) is 0 Å². The van der Waals surface area contributed by atoms with E-state index in [1.807, 2.05) is 7.05 Å². The first kappa shape index (κ1) is 6.27. The fourth-order valence-corrected chi connectivity index (χ4v) is 0.433. The molecular weight excluding hydrogens is 96.1 g/mol. The molecule has 0 amide bonds. The van der Waals surface area contributed by atoms with Gasteiger partial charge >= 0.3 is 0 Å². The minimum atomic E-state index is 1.10. The minimum Gasteiger partial charge on any atom is -0.251 e. The van der Waals surface area contributed by atoms with Crippen molar-refractivity contribution < 1.29 is 0 Å². The van der Waals surface area contributed by atoms with Gasteiger partial charge in [-0.1, -0.05) is 18.9 Å². The zero-order chi connectivity index (χ0) is 4.83. The van der Waals surface area contributed by atoms with E-state index in [4.69, 9.17) is 0 Å². The fraction of sp³-hybridized carbons (Fsp3) is 1.00. The molecule has 0 bridgehead atoms. The summed E-state index contributed by atoms with van der Waals surface area (Å²) in [6.45, 7) is 2.09. The number of hydrogen-bond donors (Lipinski definition) is 2. The van der Waals surface area contributed by atoms with Crippen molar-refractivity contribution in [3.8, 4) is 0 Å². The quantitative estimate of drug-likeness (QED) is 0.309. The van der Waals surface area contributed by atoms with Crippen LogP contribution in [-0.4, -0.2) is 12.8 Å². The first-order valence-electron chi connectivity index (χ1n) is 1.95. The van der Waals surface area contributed by atoms with E-state index < -0.39 is 0 Å². The van der Waals surface area contributed by atoms with Gasteiger partial charge in [-0.05, 0) is 7.05 Å². The average Bonchev–Trinajstić information content (AvgIpc) is 1.61. The zero-order valence-corrected chi connectivity index (χ0v) is 4.93. The molecule has 0 aromatic heterocycles. The fourth-order valence-electron chi connectivity index (χ4n) is 0.144. The highest BCUT2D eigenvalue weighted by Gasteiger charge is 1.70. The van der Waals surface area contributed by atoms with Gasteiger partial charge in [-0.25, -0.2) is 4.83 Å². The molecule has 0 aliphatic rings. The van der Waals surface area contributed by atoms with Gasteiger partial charge in [0.1, 0.15) is 0 Å². The lowest BCUT2D eigenvalue weighted by Crippen LogP contribution is -2.19. The van der Waals surface area contributed by atoms with Gasteiger partial charge < -0.3 is 0 Å². The van der Waals surface area contributed by atoms with Crippen LogP contribution in [-0.2, 0) is 0 Å². The van der Waals surface area contributed by atoms with Gasteiger partial charge in [0.2, 0.25) is 0 Å². The van der Waals surface area contributed by atoms with Crippen LogP contribution in [0.15, 0.2) is 0 Å². The molecule has 0 saturated heterocycles. The Hall–Kier alpha value is 0.270. The lowest BCUT2D eigenvalue weighted by atomic mass is 11.0. The van der Waals surface area contributed by atoms with E-state index in [2.05, 4.69) is 17.2 Å². The molecule has 38 valence electrons. The van der Waals surface area contributed by atoms with Crippen LogP contribution < -0.4 is 10.3 Å². The van der Waals surface area contributed by atoms with Crippen molar-refractivity contribution in [2.45, 2.75) is 6.92 Å². The second-order valence-corrected chi connectivity index (χ2v) is 1.86. The Morgan fingerprint density at radius 3 is 2.50 bits per heavy atom. The third-order valence-corrected chi connectivity index (χ3v) is 0.956. The van der Waals surface area contributed by atoms with Crippen LogP contribution in [0, 0.1) is 0 Å². The Morgan fingerprint density at radius 2 is 2.33 bits per heavy atom. The SMILES string of the molecule is CCSNNC. The van der Waals surface area contributed by atoms with Gasteiger partial charge in [0.05, 0.1) is 0 Å². The molecule has 0 saturated carbocycles. The van der Waals surface area contributed by atoms with Crippen molar-refractivity contribution in [1.29, 1.82) is 0 Å². The molecule has 0 aromatic carbocycles. The molecule has 0 aliphatic heterocycles. The molecule has 2 nitrogen and oxygen atoms in total. The third-order valence-electron chi connectivity index (χ3n) is 0.319. The Morgan fingerprint density at radius 1 is 1.67 bits per heavy atom. The van der Waals surface area contributed by atoms with Crippen LogP contribution >= 0.6 is 11.9 Å². The predicted octanol–water partition coefficient (Wildman–Crippen LogP) is 0.378. The van der Waals surface area contributed by atoms with Gasteiger partial charge in [-0.2, -0.15) is 0 Å². The van der Waals surface area contributed by atoms with Gasteiger partial charge in [0.15, 0.2) is 0 Å². The molecule has 3 heteroatoms. The lowest BCUT2D eigenvalue weighted by molar-refractivity contribution is 0.817. The third kappa shape index (κ3) is 4.27. The van der Waals surface area contributed by atoms with E-state index in [-0.39, 0.29) is 0 Å². The summed E-state index contributed by atoms with van der Waals surface area (Å²) < 4.78 is 0. The van der Waals surface area contributed by atoms with Gasteiger partial charge in [0.25, 0.3) is 0 Å². The maximum Gasteiger partial charge on any atom is 0.00624 e. The second-order valence-electron chi connectivity index (χ2n) is 0.785. The zero-order valence-electron chi connectivity index (χ0n) is 4.12. The van der Waals surface area contributed by atoms with E-state index in [0.717, 1.165) is 5.75 Å². The monoisotopic (exact) mass is 106 g/mol. The highest BCUT2D eigenvalue weighted by molar-refractivity contribution is 7.97. The predicted molar refractivity (Wildman–Crippen MR) is 30.3 cm³/mol. The van der Waals surface area contributed by atoms with Crippen LogP contribution in [0.2, 0.25) is 0 Å². The van der Waals surface area contributed by atoms with Crippen LogP contribution in [0.25, 0.3) is 0 Å². The lowest BCUT2D eigenvalue weighted by Gasteiger charge is -1.93. The molecule has 0 fully saturated rings. The number of rotatable bonds is 3. The van der Waals surface area contributed by atoms with Crippen molar-refractivity contribution in [3.05, 3.63) is 0 Å². The van der Waals surface area contributed by atoms with Gasteiger partial charge in [-0.3, -0.25) is 5.43 Å². The highest BCUT2D eigenvalue weighted by atomic mass is 32.2. The first-order chi connectivity index (χ1) is 2.91. The van der Waals surface area contributed by atoms with E-state index in [0.29, 0.717) is 0 Å². The molecule has 2 N–H and O–H groups in total. The molecule has 0 aliphatic carbocycles. The van der Waals surface area contributed by atoms with E-state index in [1.54, 1.807) is 11.9 Å². The molecule has 0 unspecified atom stereocenters. The summed E-state index contributed by atoms with van der Waals surface area (Å²) in [6, 6.07) is 0. The van der Waals surface area contributed by atoms with Crippen molar-refractivity contribution in [1.82, 2.24) is 10.3 Å². The Kier molecular flexibility index (Phi) is 5.51. The Labute approximate surface area is 42.8 Å². The molecule has 0 radical (unpaired) electrons. The normalized spacial score (nSPS) is 9.00. The van der Waals surface area contributed by atoms with Crippen LogP contribution in [0.5, 0.6) is 0 Å². The van der Waals surface area contributed by atoms with Crippen molar-refractivity contribution in [2.75, 3.05) is 12.8 Å². The maximum absolute atomic E-state index is 2.86. The Balaban J connectivity index is 2.34. The molecule has 6 heavy (non-hydrogen) atoms. The molecule has 0 heterocycles. The summed E-state index contributed by atoms with van der Waals surface area (Å²) in [6.07, 6.45) is 0. The van der Waals surface area contributed by atoms with Crippen molar-refractivity contribution >= 4 is 11.9 Å². The van der Waals surface area contributed by atoms with Crippen LogP contribution in [0.1, 0.15) is 6.92 Å². The smallest absolute Gasteiger partial charge is 0.00624 e. The summed E-state index contributed by atoms with van der Waals surface area (Å²) in [7, 11) is 1.85. The highest BCUT2D eigenvalue weighted by Crippen LogP contribution is 1.83. The van der Waals surface area contributed by atoms with E-state index in [9.17, 15) is 0 Å². The van der Waals surface area contributed by atoms with Crippen LogP contribution in [0.3, 0.4) is 0 Å². The first-order valence-corrected chi connectivity index (χ1v) is 2.94. The van der Waals surface area contributed by atoms with Gasteiger partial charge in [0, 0.05) is 5.75 Å². The molecule has 0 atom stereocenters. The summed E-state index contributed by atoms with van der Waals surface area (Å²) in [5.41, 5.74) is 2.78. The summed E-state index contributed by atoms with van der Waals surface area (Å²) in [5.74, 6) is 1.10. The topological polar surface area (TPSA) is 24.1 Å². The minimum absolute atomic E-state index is 1.10. The van der Waals surface area contributed by atoms with Gasteiger partial charge in [-0.15, -0.1) is 0 Å². The summed E-state index contributed by atoms with van der Waals surface area (Å²) >= 11 is 1.65. The average molecular weight is 106 g/mol. The van der Waals surface area contributed by atoms with Crippen LogP contribution in [0.4, 0.5) is 0 Å². The number of hydrazine groups is 1. The maximum atomic E-state index is 2.86. The Bertz CT molecular complexity index is 20.8. The van der Waals surface area contributed by atoms with E-state index >= 15 is 0 Å². The molecule has 0 rings (SSSR count). The number of hydrogen-bond acceptors (Lipinski definition) is 3. The molecular formula is C3H10N2S. The van der Waals surface area contributed by atoms with E-state index in [1.165, 1.54) is 0 Å². The molecule has 0 spiro atoms. The number of nitrogens with one attached hydrogen (secondary N) is 2.